The molecule has 0 saturated carbocycles. The number of alkyl halides is 2. The normalized spacial score (nSPS) is 13.9. The van der Waals surface area contributed by atoms with E-state index in [1.165, 1.54) is 11.7 Å². The van der Waals surface area contributed by atoms with E-state index in [4.69, 9.17) is 4.42 Å². The number of nitrogens with zero attached hydrogens (tertiary/aromatic N) is 4. The van der Waals surface area contributed by atoms with Crippen molar-refractivity contribution in [1.29, 1.82) is 0 Å². The second-order valence-electron chi connectivity index (χ2n) is 6.50. The van der Waals surface area contributed by atoms with Gasteiger partial charge in [-0.15, -0.1) is 0 Å². The van der Waals surface area contributed by atoms with Crippen molar-refractivity contribution in [3.05, 3.63) is 70.7 Å². The summed E-state index contributed by atoms with van der Waals surface area (Å²) >= 11 is 0. The summed E-state index contributed by atoms with van der Waals surface area (Å²) < 4.78 is 32.7. The molecular formula is C19H18F2N4O2. The highest BCUT2D eigenvalue weighted by atomic mass is 19.3. The van der Waals surface area contributed by atoms with Gasteiger partial charge in [0.15, 0.2) is 5.89 Å². The molecule has 1 aliphatic heterocycles. The number of fused-ring (bicyclic) bond motifs is 1. The third kappa shape index (κ3) is 3.47. The highest BCUT2D eigenvalue weighted by Gasteiger charge is 2.28. The van der Waals surface area contributed by atoms with E-state index in [1.807, 2.05) is 30.3 Å². The average Bonchev–Trinajstić information content (AvgIpc) is 3.24. The Labute approximate surface area is 154 Å². The van der Waals surface area contributed by atoms with Crippen LogP contribution in [0, 0.1) is 0 Å². The molecule has 1 aliphatic rings. The van der Waals surface area contributed by atoms with Gasteiger partial charge >= 0.3 is 0 Å². The Morgan fingerprint density at radius 2 is 2.07 bits per heavy atom. The Hall–Kier alpha value is -3.03. The zero-order valence-corrected chi connectivity index (χ0v) is 14.7. The molecule has 0 spiro atoms. The van der Waals surface area contributed by atoms with Crippen molar-refractivity contribution >= 4 is 5.91 Å². The predicted octanol–water partition coefficient (Wildman–Crippen LogP) is 3.14. The summed E-state index contributed by atoms with van der Waals surface area (Å²) in [7, 11) is 1.49. The molecule has 27 heavy (non-hydrogen) atoms. The van der Waals surface area contributed by atoms with Gasteiger partial charge in [0, 0.05) is 26.4 Å². The maximum Gasteiger partial charge on any atom is 0.282 e. The van der Waals surface area contributed by atoms with Gasteiger partial charge in [0.1, 0.15) is 22.8 Å². The van der Waals surface area contributed by atoms with E-state index in [1.54, 1.807) is 4.90 Å². The van der Waals surface area contributed by atoms with Gasteiger partial charge < -0.3 is 9.32 Å². The minimum absolute atomic E-state index is 0.141. The number of halogens is 2. The lowest BCUT2D eigenvalue weighted by Crippen LogP contribution is -2.36. The summed E-state index contributed by atoms with van der Waals surface area (Å²) in [5.74, 6) is 1.06. The lowest BCUT2D eigenvalue weighted by atomic mass is 10.1. The minimum Gasteiger partial charge on any atom is -0.445 e. The van der Waals surface area contributed by atoms with Gasteiger partial charge in [0.2, 0.25) is 0 Å². The monoisotopic (exact) mass is 372 g/mol. The highest BCUT2D eigenvalue weighted by molar-refractivity contribution is 5.92. The molecule has 2 aromatic heterocycles. The van der Waals surface area contributed by atoms with Crippen molar-refractivity contribution < 1.29 is 18.0 Å². The molecule has 0 fully saturated rings. The Morgan fingerprint density at radius 1 is 1.30 bits per heavy atom. The zero-order valence-electron chi connectivity index (χ0n) is 14.7. The van der Waals surface area contributed by atoms with E-state index in [9.17, 15) is 13.6 Å². The molecule has 0 unspecified atom stereocenters. The summed E-state index contributed by atoms with van der Waals surface area (Å²) in [5, 5.41) is 3.71. The van der Waals surface area contributed by atoms with E-state index >= 15 is 0 Å². The summed E-state index contributed by atoms with van der Waals surface area (Å²) in [6, 6.07) is 11.0. The first kappa shape index (κ1) is 17.4. The number of oxazole rings is 1. The van der Waals surface area contributed by atoms with Crippen LogP contribution >= 0.6 is 0 Å². The van der Waals surface area contributed by atoms with Crippen molar-refractivity contribution in [3.8, 4) is 0 Å². The molecule has 0 radical (unpaired) electrons. The van der Waals surface area contributed by atoms with Gasteiger partial charge in [-0.25, -0.2) is 13.8 Å². The second kappa shape index (κ2) is 6.94. The fourth-order valence-electron chi connectivity index (χ4n) is 3.23. The number of amides is 1. The molecule has 0 N–H and O–H groups in total. The third-order valence-electron chi connectivity index (χ3n) is 4.60. The average molecular weight is 372 g/mol. The molecule has 4 rings (SSSR count). The first-order chi connectivity index (χ1) is 13.0. The van der Waals surface area contributed by atoms with Gasteiger partial charge in [-0.2, -0.15) is 5.10 Å². The van der Waals surface area contributed by atoms with Crippen LogP contribution < -0.4 is 0 Å². The maximum absolute atomic E-state index is 12.8. The van der Waals surface area contributed by atoms with Crippen LogP contribution in [-0.4, -0.2) is 32.1 Å². The first-order valence-corrected chi connectivity index (χ1v) is 8.64. The largest absolute Gasteiger partial charge is 0.445 e. The Kier molecular flexibility index (Phi) is 4.47. The summed E-state index contributed by atoms with van der Waals surface area (Å²) in [4.78, 5) is 18.8. The summed E-state index contributed by atoms with van der Waals surface area (Å²) in [6.07, 6.45) is -1.58. The standard InChI is InChI=1S/C19H18F2N4O2/c1-24-15(10-13(23-24)18(20)21)19(26)25-8-7-16-14(11-25)22-17(27-16)9-12-5-3-2-4-6-12/h2-6,10,18H,7-9,11H2,1H3. The molecule has 0 saturated heterocycles. The van der Waals surface area contributed by atoms with Crippen molar-refractivity contribution in [2.45, 2.75) is 25.8 Å². The van der Waals surface area contributed by atoms with E-state index in [0.717, 1.165) is 23.1 Å². The van der Waals surface area contributed by atoms with Crippen molar-refractivity contribution in [3.63, 3.8) is 0 Å². The molecule has 0 aliphatic carbocycles. The lowest BCUT2D eigenvalue weighted by molar-refractivity contribution is 0.0716. The quantitative estimate of drug-likeness (QED) is 0.706. The first-order valence-electron chi connectivity index (χ1n) is 8.64. The number of rotatable bonds is 4. The molecule has 0 atom stereocenters. The highest BCUT2D eigenvalue weighted by Crippen LogP contribution is 2.24. The van der Waals surface area contributed by atoms with E-state index in [0.29, 0.717) is 31.8 Å². The van der Waals surface area contributed by atoms with Crippen LogP contribution in [0.2, 0.25) is 0 Å². The van der Waals surface area contributed by atoms with Gasteiger partial charge in [0.05, 0.1) is 6.54 Å². The van der Waals surface area contributed by atoms with Gasteiger partial charge in [0.25, 0.3) is 12.3 Å². The van der Waals surface area contributed by atoms with Crippen LogP contribution in [0.1, 0.15) is 45.5 Å². The van der Waals surface area contributed by atoms with Crippen LogP contribution in [0.4, 0.5) is 8.78 Å². The number of carbonyl (C=O) groups is 1. The molecule has 1 amide bonds. The fraction of sp³-hybridized carbons (Fsp3) is 0.316. The van der Waals surface area contributed by atoms with Gasteiger partial charge in [-0.3, -0.25) is 9.48 Å². The van der Waals surface area contributed by atoms with Crippen molar-refractivity contribution in [2.24, 2.45) is 7.05 Å². The van der Waals surface area contributed by atoms with Crippen molar-refractivity contribution in [2.75, 3.05) is 6.54 Å². The van der Waals surface area contributed by atoms with Gasteiger partial charge in [-0.1, -0.05) is 30.3 Å². The molecule has 0 bridgehead atoms. The molecule has 8 heteroatoms. The number of hydrogen-bond acceptors (Lipinski definition) is 4. The van der Waals surface area contributed by atoms with Crippen LogP contribution in [0.15, 0.2) is 40.8 Å². The number of aryl methyl sites for hydroxylation is 1. The Balaban J connectivity index is 1.50. The molecule has 3 aromatic rings. The topological polar surface area (TPSA) is 64.2 Å². The Morgan fingerprint density at radius 3 is 2.78 bits per heavy atom. The minimum atomic E-state index is -2.71. The van der Waals surface area contributed by atoms with Crippen LogP contribution in [0.25, 0.3) is 0 Å². The summed E-state index contributed by atoms with van der Waals surface area (Å²) in [5.41, 5.74) is 1.56. The fourth-order valence-corrected chi connectivity index (χ4v) is 3.23. The van der Waals surface area contributed by atoms with Gasteiger partial charge in [-0.05, 0) is 11.6 Å². The van der Waals surface area contributed by atoms with Crippen LogP contribution in [0.3, 0.4) is 0 Å². The zero-order chi connectivity index (χ0) is 19.0. The van der Waals surface area contributed by atoms with E-state index in [-0.39, 0.29) is 11.6 Å². The number of carbonyl (C=O) groups excluding carboxylic acids is 1. The maximum atomic E-state index is 12.8. The van der Waals surface area contributed by atoms with E-state index < -0.39 is 12.1 Å². The molecule has 140 valence electrons. The second-order valence-corrected chi connectivity index (χ2v) is 6.50. The number of benzene rings is 1. The SMILES string of the molecule is Cn1nc(C(F)F)cc1C(=O)N1CCc2oc(Cc3ccccc3)nc2C1. The van der Waals surface area contributed by atoms with E-state index in [2.05, 4.69) is 10.1 Å². The molecular weight excluding hydrogens is 354 g/mol. The van der Waals surface area contributed by atoms with Crippen LogP contribution in [-0.2, 0) is 26.4 Å². The Bertz CT molecular complexity index is 966. The molecule has 3 heterocycles. The number of aromatic nitrogens is 3. The smallest absolute Gasteiger partial charge is 0.282 e. The summed E-state index contributed by atoms with van der Waals surface area (Å²) in [6.45, 7) is 0.739. The number of hydrogen-bond donors (Lipinski definition) is 0. The molecule has 1 aromatic carbocycles. The molecule has 6 nitrogen and oxygen atoms in total. The third-order valence-corrected chi connectivity index (χ3v) is 4.60. The van der Waals surface area contributed by atoms with Crippen molar-refractivity contribution in [1.82, 2.24) is 19.7 Å². The lowest BCUT2D eigenvalue weighted by Gasteiger charge is -2.25. The van der Waals surface area contributed by atoms with Crippen LogP contribution in [0.5, 0.6) is 0 Å². The predicted molar refractivity (Wildman–Crippen MR) is 92.4 cm³/mol.